The molecule has 4 saturated carbocycles. The molecule has 0 saturated heterocycles. The van der Waals surface area contributed by atoms with Crippen molar-refractivity contribution in [3.63, 3.8) is 0 Å². The molecule has 9 atom stereocenters. The van der Waals surface area contributed by atoms with Crippen molar-refractivity contribution in [1.82, 2.24) is 0 Å². The molecule has 4 rings (SSSR count). The Kier molecular flexibility index (Phi) is 5.15. The van der Waals surface area contributed by atoms with Crippen molar-refractivity contribution in [2.75, 3.05) is 0 Å². The molecule has 3 N–H and O–H groups in total. The molecule has 0 radical (unpaired) electrons. The van der Waals surface area contributed by atoms with Gasteiger partial charge in [0.15, 0.2) is 0 Å². The summed E-state index contributed by atoms with van der Waals surface area (Å²) in [7, 11) is 0. The summed E-state index contributed by atoms with van der Waals surface area (Å²) in [5, 5.41) is 10.2. The minimum Gasteiger partial charge on any atom is -0.393 e. The van der Waals surface area contributed by atoms with Gasteiger partial charge in [0.1, 0.15) is 0 Å². The van der Waals surface area contributed by atoms with Gasteiger partial charge in [-0.25, -0.2) is 0 Å². The van der Waals surface area contributed by atoms with Crippen molar-refractivity contribution < 1.29 is 9.90 Å². The topological polar surface area (TPSA) is 63.3 Å². The zero-order valence-electron chi connectivity index (χ0n) is 17.8. The Morgan fingerprint density at radius 3 is 2.48 bits per heavy atom. The average Bonchev–Trinajstić information content (AvgIpc) is 2.97. The van der Waals surface area contributed by atoms with Gasteiger partial charge in [0.2, 0.25) is 5.91 Å². The van der Waals surface area contributed by atoms with Gasteiger partial charge >= 0.3 is 0 Å². The second-order valence-electron chi connectivity index (χ2n) is 11.3. The average molecular weight is 376 g/mol. The summed E-state index contributed by atoms with van der Waals surface area (Å²) in [6, 6.07) is 0. The van der Waals surface area contributed by atoms with E-state index in [0.29, 0.717) is 23.2 Å². The van der Waals surface area contributed by atoms with E-state index in [1.54, 1.807) is 0 Å². The lowest BCUT2D eigenvalue weighted by atomic mass is 9.44. The van der Waals surface area contributed by atoms with Crippen LogP contribution >= 0.6 is 0 Å². The van der Waals surface area contributed by atoms with Gasteiger partial charge in [-0.1, -0.05) is 20.8 Å². The van der Waals surface area contributed by atoms with E-state index in [1.165, 1.54) is 44.9 Å². The number of primary amides is 1. The Balaban J connectivity index is 1.51. The molecular weight excluding hydrogens is 334 g/mol. The van der Waals surface area contributed by atoms with Crippen LogP contribution in [0.25, 0.3) is 0 Å². The minimum absolute atomic E-state index is 0.0459. The van der Waals surface area contributed by atoms with Crippen LogP contribution in [-0.2, 0) is 4.79 Å². The van der Waals surface area contributed by atoms with E-state index in [0.717, 1.165) is 48.9 Å². The maximum Gasteiger partial charge on any atom is 0.217 e. The van der Waals surface area contributed by atoms with Crippen molar-refractivity contribution in [2.24, 2.45) is 52.1 Å². The summed E-state index contributed by atoms with van der Waals surface area (Å²) in [5.74, 6) is 4.63. The lowest BCUT2D eigenvalue weighted by Crippen LogP contribution is -2.54. The van der Waals surface area contributed by atoms with Gasteiger partial charge in [0, 0.05) is 6.42 Å². The van der Waals surface area contributed by atoms with E-state index in [9.17, 15) is 9.90 Å². The first-order chi connectivity index (χ1) is 12.8. The zero-order valence-corrected chi connectivity index (χ0v) is 17.8. The molecule has 3 nitrogen and oxygen atoms in total. The number of hydrogen-bond acceptors (Lipinski definition) is 2. The van der Waals surface area contributed by atoms with Gasteiger partial charge in [0.05, 0.1) is 6.10 Å². The maximum absolute atomic E-state index is 11.3. The Hall–Kier alpha value is -0.570. The molecule has 154 valence electrons. The van der Waals surface area contributed by atoms with Crippen LogP contribution in [0.1, 0.15) is 91.4 Å². The fourth-order valence-electron chi connectivity index (χ4n) is 8.78. The first-order valence-corrected chi connectivity index (χ1v) is 11.7. The molecule has 0 aromatic carbocycles. The summed E-state index contributed by atoms with van der Waals surface area (Å²) in [5.41, 5.74) is 6.36. The Bertz CT molecular complexity index is 577. The molecule has 4 aliphatic carbocycles. The van der Waals surface area contributed by atoms with Crippen molar-refractivity contribution in [1.29, 1.82) is 0 Å². The summed E-state index contributed by atoms with van der Waals surface area (Å²) in [4.78, 5) is 11.3. The van der Waals surface area contributed by atoms with E-state index >= 15 is 0 Å². The SMILES string of the molecule is C[C@H](CCC(N)=O)[C@H]1CC[C@H]2[C@@H]3CCC4C[C@H](O)CC[C@]4(C)[C@H]3CC[C@]12C. The van der Waals surface area contributed by atoms with Crippen LogP contribution in [0.15, 0.2) is 0 Å². The molecular formula is C24H41NO2. The number of aliphatic hydroxyl groups excluding tert-OH is 1. The van der Waals surface area contributed by atoms with Crippen molar-refractivity contribution >= 4 is 5.91 Å². The number of hydrogen-bond donors (Lipinski definition) is 2. The van der Waals surface area contributed by atoms with E-state index in [-0.39, 0.29) is 12.0 Å². The van der Waals surface area contributed by atoms with Gasteiger partial charge < -0.3 is 10.8 Å². The number of nitrogens with two attached hydrogens (primary N) is 1. The normalized spacial score (nSPS) is 50.4. The molecule has 27 heavy (non-hydrogen) atoms. The molecule has 4 fully saturated rings. The second kappa shape index (κ2) is 7.04. The largest absolute Gasteiger partial charge is 0.393 e. The van der Waals surface area contributed by atoms with E-state index in [1.807, 2.05) is 0 Å². The van der Waals surface area contributed by atoms with Crippen LogP contribution in [0.2, 0.25) is 0 Å². The first-order valence-electron chi connectivity index (χ1n) is 11.7. The van der Waals surface area contributed by atoms with Gasteiger partial charge in [-0.2, -0.15) is 0 Å². The molecule has 1 amide bonds. The van der Waals surface area contributed by atoms with Gasteiger partial charge in [-0.05, 0) is 111 Å². The monoisotopic (exact) mass is 375 g/mol. The van der Waals surface area contributed by atoms with E-state index < -0.39 is 0 Å². The molecule has 0 aliphatic heterocycles. The zero-order chi connectivity index (χ0) is 19.4. The summed E-state index contributed by atoms with van der Waals surface area (Å²) < 4.78 is 0. The summed E-state index contributed by atoms with van der Waals surface area (Å²) in [6.45, 7) is 7.53. The minimum atomic E-state index is -0.143. The highest BCUT2D eigenvalue weighted by Gasteiger charge is 2.60. The van der Waals surface area contributed by atoms with Gasteiger partial charge in [0.25, 0.3) is 0 Å². The third kappa shape index (κ3) is 3.16. The predicted octanol–water partition coefficient (Wildman–Crippen LogP) is 4.91. The summed E-state index contributed by atoms with van der Waals surface area (Å²) >= 11 is 0. The number of aliphatic hydroxyl groups is 1. The van der Waals surface area contributed by atoms with Crippen LogP contribution in [-0.4, -0.2) is 17.1 Å². The molecule has 4 aliphatic rings. The molecule has 0 aromatic rings. The highest BCUT2D eigenvalue weighted by Crippen LogP contribution is 2.68. The quantitative estimate of drug-likeness (QED) is 0.733. The Morgan fingerprint density at radius 2 is 1.74 bits per heavy atom. The molecule has 3 heteroatoms. The number of carbonyl (C=O) groups is 1. The van der Waals surface area contributed by atoms with Crippen LogP contribution in [0.5, 0.6) is 0 Å². The van der Waals surface area contributed by atoms with Crippen molar-refractivity contribution in [2.45, 2.75) is 97.5 Å². The van der Waals surface area contributed by atoms with E-state index in [2.05, 4.69) is 20.8 Å². The predicted molar refractivity (Wildman–Crippen MR) is 109 cm³/mol. The molecule has 0 bridgehead atoms. The molecule has 0 aromatic heterocycles. The first kappa shape index (κ1) is 19.7. The maximum atomic E-state index is 11.3. The Morgan fingerprint density at radius 1 is 1.04 bits per heavy atom. The van der Waals surface area contributed by atoms with Crippen LogP contribution in [0.4, 0.5) is 0 Å². The number of amides is 1. The fraction of sp³-hybridized carbons (Fsp3) is 0.958. The molecule has 1 unspecified atom stereocenters. The number of rotatable bonds is 4. The summed E-state index contributed by atoms with van der Waals surface area (Å²) in [6.07, 6.45) is 13.0. The third-order valence-electron chi connectivity index (χ3n) is 10.2. The van der Waals surface area contributed by atoms with Crippen LogP contribution in [0.3, 0.4) is 0 Å². The lowest BCUT2D eigenvalue weighted by molar-refractivity contribution is -0.129. The van der Waals surface area contributed by atoms with Crippen molar-refractivity contribution in [3.8, 4) is 0 Å². The highest BCUT2D eigenvalue weighted by atomic mass is 16.3. The third-order valence-corrected chi connectivity index (χ3v) is 10.2. The van der Waals surface area contributed by atoms with Crippen molar-refractivity contribution in [3.05, 3.63) is 0 Å². The van der Waals surface area contributed by atoms with Crippen LogP contribution < -0.4 is 5.73 Å². The second-order valence-corrected chi connectivity index (χ2v) is 11.3. The van der Waals surface area contributed by atoms with Gasteiger partial charge in [-0.15, -0.1) is 0 Å². The highest BCUT2D eigenvalue weighted by molar-refractivity contribution is 5.73. The van der Waals surface area contributed by atoms with Crippen LogP contribution in [0, 0.1) is 46.3 Å². The lowest BCUT2D eigenvalue weighted by Gasteiger charge is -2.61. The Labute approximate surface area is 165 Å². The molecule has 0 heterocycles. The van der Waals surface area contributed by atoms with Gasteiger partial charge in [-0.3, -0.25) is 4.79 Å². The van der Waals surface area contributed by atoms with E-state index in [4.69, 9.17) is 5.73 Å². The standard InChI is InChI=1S/C24H41NO2/c1-15(4-9-22(25)27)19-7-8-20-18-6-5-16-14-17(26)10-12-23(16,2)21(18)11-13-24(19,20)3/h15-21,26H,4-14H2,1-3H3,(H2,25,27)/t15-,16?,17-,18+,19-,20+,21+,23+,24-/m1/s1. The fourth-order valence-corrected chi connectivity index (χ4v) is 8.78. The number of carbonyl (C=O) groups excluding carboxylic acids is 1. The molecule has 0 spiro atoms. The smallest absolute Gasteiger partial charge is 0.217 e. The number of fused-ring (bicyclic) bond motifs is 5.